The van der Waals surface area contributed by atoms with Crippen LogP contribution in [0.1, 0.15) is 46.0 Å². The van der Waals surface area contributed by atoms with Crippen LogP contribution >= 0.6 is 0 Å². The Bertz CT molecular complexity index is 189. The molecular weight excluding hydrogens is 240 g/mol. The van der Waals surface area contributed by atoms with Crippen molar-refractivity contribution in [3.05, 3.63) is 0 Å². The van der Waals surface area contributed by atoms with Gasteiger partial charge in [0.1, 0.15) is 0 Å². The minimum Gasteiger partial charge on any atom is -0.389 e. The Balaban J connectivity index is 3.35. The van der Waals surface area contributed by atoms with Gasteiger partial charge in [-0.05, 0) is 40.4 Å². The van der Waals surface area contributed by atoms with Gasteiger partial charge in [0.2, 0.25) is 0 Å². The van der Waals surface area contributed by atoms with Crippen LogP contribution in [0.25, 0.3) is 0 Å². The third kappa shape index (κ3) is 14.1. The van der Waals surface area contributed by atoms with Crippen LogP contribution in [-0.2, 0) is 4.74 Å². The first-order valence-corrected chi connectivity index (χ1v) is 7.70. The molecule has 0 aromatic heterocycles. The summed E-state index contributed by atoms with van der Waals surface area (Å²) in [5, 5.41) is 13.1. The van der Waals surface area contributed by atoms with Crippen LogP contribution in [0.5, 0.6) is 0 Å². The number of rotatable bonds is 13. The van der Waals surface area contributed by atoms with Crippen molar-refractivity contribution in [3.63, 3.8) is 0 Å². The zero-order valence-corrected chi connectivity index (χ0v) is 13.3. The Labute approximate surface area is 119 Å². The third-order valence-electron chi connectivity index (χ3n) is 3.16. The topological polar surface area (TPSA) is 44.7 Å². The molecule has 0 heterocycles. The average Bonchev–Trinajstić information content (AvgIpc) is 2.38. The summed E-state index contributed by atoms with van der Waals surface area (Å²) in [7, 11) is 4.15. The van der Waals surface area contributed by atoms with E-state index in [1.54, 1.807) is 0 Å². The third-order valence-corrected chi connectivity index (χ3v) is 3.16. The lowest BCUT2D eigenvalue weighted by Gasteiger charge is -2.19. The van der Waals surface area contributed by atoms with Crippen molar-refractivity contribution in [2.75, 3.05) is 40.4 Å². The molecule has 0 spiro atoms. The smallest absolute Gasteiger partial charge is 0.0897 e. The lowest BCUT2D eigenvalue weighted by atomic mass is 10.2. The molecule has 19 heavy (non-hydrogen) atoms. The van der Waals surface area contributed by atoms with E-state index < -0.39 is 6.10 Å². The summed E-state index contributed by atoms with van der Waals surface area (Å²) in [6.45, 7) is 7.25. The summed E-state index contributed by atoms with van der Waals surface area (Å²) in [5.41, 5.74) is 0. The van der Waals surface area contributed by atoms with Gasteiger partial charge >= 0.3 is 0 Å². The number of hydrogen-bond acceptors (Lipinski definition) is 4. The molecule has 0 rings (SSSR count). The van der Waals surface area contributed by atoms with Crippen molar-refractivity contribution in [2.24, 2.45) is 0 Å². The molecule has 2 unspecified atom stereocenters. The molecule has 4 heteroatoms. The molecule has 0 amide bonds. The molecule has 0 aliphatic rings. The van der Waals surface area contributed by atoms with Gasteiger partial charge in [0.15, 0.2) is 0 Å². The second-order valence-corrected chi connectivity index (χ2v) is 5.69. The first-order chi connectivity index (χ1) is 9.06. The van der Waals surface area contributed by atoms with Crippen molar-refractivity contribution in [1.29, 1.82) is 0 Å². The van der Waals surface area contributed by atoms with E-state index in [1.165, 1.54) is 19.3 Å². The molecule has 0 aliphatic heterocycles. The highest BCUT2D eigenvalue weighted by atomic mass is 16.5. The predicted octanol–water partition coefficient (Wildman–Crippen LogP) is 1.87. The maximum atomic E-state index is 9.78. The van der Waals surface area contributed by atoms with E-state index in [1.807, 2.05) is 0 Å². The van der Waals surface area contributed by atoms with Gasteiger partial charge in [-0.3, -0.25) is 0 Å². The molecule has 4 nitrogen and oxygen atoms in total. The molecule has 0 bridgehead atoms. The highest BCUT2D eigenvalue weighted by molar-refractivity contribution is 4.66. The normalized spacial score (nSPS) is 14.8. The van der Waals surface area contributed by atoms with Crippen molar-refractivity contribution >= 4 is 0 Å². The molecule has 2 N–H and O–H groups in total. The molecule has 0 aromatic rings. The number of ether oxygens (including phenoxy) is 1. The van der Waals surface area contributed by atoms with E-state index in [9.17, 15) is 5.11 Å². The van der Waals surface area contributed by atoms with Gasteiger partial charge in [0.25, 0.3) is 0 Å². The van der Waals surface area contributed by atoms with Crippen molar-refractivity contribution < 1.29 is 9.84 Å². The zero-order valence-electron chi connectivity index (χ0n) is 13.3. The fourth-order valence-corrected chi connectivity index (χ4v) is 1.80. The monoisotopic (exact) mass is 274 g/mol. The van der Waals surface area contributed by atoms with Crippen LogP contribution in [0.15, 0.2) is 0 Å². The molecule has 0 saturated carbocycles. The number of nitrogens with zero attached hydrogens (tertiary/aromatic N) is 1. The van der Waals surface area contributed by atoms with Crippen LogP contribution in [0.3, 0.4) is 0 Å². The van der Waals surface area contributed by atoms with Gasteiger partial charge < -0.3 is 20.1 Å². The molecule has 116 valence electrons. The van der Waals surface area contributed by atoms with E-state index in [-0.39, 0.29) is 0 Å². The summed E-state index contributed by atoms with van der Waals surface area (Å²) < 4.78 is 5.47. The quantitative estimate of drug-likeness (QED) is 0.503. The number of nitrogens with one attached hydrogen (secondary N) is 1. The SMILES string of the molecule is CCCCCCOCC(O)CNC(C)CCN(C)C. The standard InChI is InChI=1S/C15H34N2O2/c1-5-6-7-8-11-19-13-15(18)12-16-14(2)9-10-17(3)4/h14-16,18H,5-13H2,1-4H3. The Hall–Kier alpha value is -0.160. The predicted molar refractivity (Wildman–Crippen MR) is 81.6 cm³/mol. The minimum atomic E-state index is -0.395. The van der Waals surface area contributed by atoms with Gasteiger partial charge in [-0.1, -0.05) is 26.2 Å². The first kappa shape index (κ1) is 18.8. The number of aliphatic hydroxyl groups is 1. The van der Waals surface area contributed by atoms with E-state index in [4.69, 9.17) is 4.74 Å². The summed E-state index contributed by atoms with van der Waals surface area (Å²) in [4.78, 5) is 2.17. The Morgan fingerprint density at radius 1 is 1.21 bits per heavy atom. The van der Waals surface area contributed by atoms with E-state index in [0.29, 0.717) is 19.2 Å². The summed E-state index contributed by atoms with van der Waals surface area (Å²) in [6, 6.07) is 0.432. The first-order valence-electron chi connectivity index (χ1n) is 7.70. The summed E-state index contributed by atoms with van der Waals surface area (Å²) in [6.07, 6.45) is 5.55. The number of hydrogen-bond donors (Lipinski definition) is 2. The van der Waals surface area contributed by atoms with Crippen molar-refractivity contribution in [2.45, 2.75) is 58.1 Å². The van der Waals surface area contributed by atoms with Gasteiger partial charge in [-0.15, -0.1) is 0 Å². The van der Waals surface area contributed by atoms with E-state index in [0.717, 1.165) is 26.0 Å². The molecule has 0 radical (unpaired) electrons. The number of unbranched alkanes of at least 4 members (excludes halogenated alkanes) is 3. The average molecular weight is 274 g/mol. The van der Waals surface area contributed by atoms with Crippen LogP contribution in [-0.4, -0.2) is 62.6 Å². The fraction of sp³-hybridized carbons (Fsp3) is 1.00. The van der Waals surface area contributed by atoms with Crippen LogP contribution in [0.2, 0.25) is 0 Å². The molecular formula is C15H34N2O2. The molecule has 0 fully saturated rings. The van der Waals surface area contributed by atoms with Crippen LogP contribution in [0, 0.1) is 0 Å². The maximum absolute atomic E-state index is 9.78. The summed E-state index contributed by atoms with van der Waals surface area (Å²) in [5.74, 6) is 0. The van der Waals surface area contributed by atoms with Gasteiger partial charge in [-0.25, -0.2) is 0 Å². The van der Waals surface area contributed by atoms with Crippen molar-refractivity contribution in [1.82, 2.24) is 10.2 Å². The highest BCUT2D eigenvalue weighted by Crippen LogP contribution is 1.99. The van der Waals surface area contributed by atoms with Gasteiger partial charge in [-0.2, -0.15) is 0 Å². The minimum absolute atomic E-state index is 0.395. The molecule has 0 aliphatic carbocycles. The van der Waals surface area contributed by atoms with E-state index >= 15 is 0 Å². The Kier molecular flexibility index (Phi) is 12.7. The van der Waals surface area contributed by atoms with Gasteiger partial charge in [0.05, 0.1) is 12.7 Å². The summed E-state index contributed by atoms with van der Waals surface area (Å²) >= 11 is 0. The molecule has 2 atom stereocenters. The van der Waals surface area contributed by atoms with Crippen LogP contribution < -0.4 is 5.32 Å². The Morgan fingerprint density at radius 3 is 2.58 bits per heavy atom. The fourth-order valence-electron chi connectivity index (χ4n) is 1.80. The van der Waals surface area contributed by atoms with E-state index in [2.05, 4.69) is 38.2 Å². The highest BCUT2D eigenvalue weighted by Gasteiger charge is 2.07. The number of aliphatic hydroxyl groups excluding tert-OH is 1. The lowest BCUT2D eigenvalue weighted by Crippen LogP contribution is -2.37. The second kappa shape index (κ2) is 12.9. The molecule has 0 aromatic carbocycles. The van der Waals surface area contributed by atoms with Gasteiger partial charge in [0, 0.05) is 19.2 Å². The zero-order chi connectivity index (χ0) is 14.5. The molecule has 0 saturated heterocycles. The van der Waals surface area contributed by atoms with Crippen LogP contribution in [0.4, 0.5) is 0 Å². The largest absolute Gasteiger partial charge is 0.389 e. The maximum Gasteiger partial charge on any atom is 0.0897 e. The van der Waals surface area contributed by atoms with Crippen molar-refractivity contribution in [3.8, 4) is 0 Å². The Morgan fingerprint density at radius 2 is 1.95 bits per heavy atom. The lowest BCUT2D eigenvalue weighted by molar-refractivity contribution is 0.0342. The second-order valence-electron chi connectivity index (χ2n) is 5.69.